The lowest BCUT2D eigenvalue weighted by atomic mass is 9.92. The number of halogens is 1. The predicted octanol–water partition coefficient (Wildman–Crippen LogP) is 3.39. The molecular formula is C24H33FN6O. The smallest absolute Gasteiger partial charge is 0.222 e. The lowest BCUT2D eigenvalue weighted by Gasteiger charge is -2.37. The molecule has 8 heteroatoms. The van der Waals surface area contributed by atoms with Crippen LogP contribution >= 0.6 is 0 Å². The monoisotopic (exact) mass is 440 g/mol. The normalized spacial score (nSPS) is 17.5. The maximum absolute atomic E-state index is 13.1. The zero-order chi connectivity index (χ0) is 22.3. The first-order valence-electron chi connectivity index (χ1n) is 11.7. The minimum absolute atomic E-state index is 0.219. The van der Waals surface area contributed by atoms with Gasteiger partial charge in [-0.15, -0.1) is 0 Å². The average molecular weight is 441 g/mol. The molecule has 4 rings (SSSR count). The topological polar surface area (TPSA) is 64.6 Å². The number of hydrogen-bond donors (Lipinski definition) is 1. The third-order valence-corrected chi connectivity index (χ3v) is 6.54. The molecule has 1 amide bonds. The highest BCUT2D eigenvalue weighted by atomic mass is 19.1. The molecule has 2 saturated heterocycles. The van der Waals surface area contributed by atoms with E-state index in [1.165, 1.54) is 12.1 Å². The summed E-state index contributed by atoms with van der Waals surface area (Å²) in [5.74, 6) is 2.47. The van der Waals surface area contributed by atoms with E-state index in [1.54, 1.807) is 6.33 Å². The number of aromatic nitrogens is 2. The number of nitrogens with zero attached hydrogens (tertiary/aromatic N) is 5. The van der Waals surface area contributed by atoms with Gasteiger partial charge in [0, 0.05) is 64.0 Å². The van der Waals surface area contributed by atoms with Crippen LogP contribution in [0, 0.1) is 11.7 Å². The van der Waals surface area contributed by atoms with Crippen LogP contribution in [-0.2, 0) is 4.79 Å². The standard InChI is InChI=1S/C24H33FN6O/c1-2-26-22-17-23(28-18-27-22)30-11-9-19(10-12-30)3-8-24(32)31-15-13-29(14-16-31)21-6-4-20(25)5-7-21/h4-7,17-19H,2-3,8-16H2,1H3,(H,26,27,28). The van der Waals surface area contributed by atoms with E-state index in [2.05, 4.69) is 32.0 Å². The van der Waals surface area contributed by atoms with Gasteiger partial charge in [-0.2, -0.15) is 0 Å². The second-order valence-corrected chi connectivity index (χ2v) is 8.61. The highest BCUT2D eigenvalue weighted by molar-refractivity contribution is 5.76. The molecule has 0 atom stereocenters. The van der Waals surface area contributed by atoms with Gasteiger partial charge in [0.2, 0.25) is 5.91 Å². The molecule has 0 bridgehead atoms. The molecule has 1 N–H and O–H groups in total. The van der Waals surface area contributed by atoms with Crippen molar-refractivity contribution < 1.29 is 9.18 Å². The van der Waals surface area contributed by atoms with Gasteiger partial charge in [0.25, 0.3) is 0 Å². The molecule has 172 valence electrons. The lowest BCUT2D eigenvalue weighted by Crippen LogP contribution is -2.48. The zero-order valence-corrected chi connectivity index (χ0v) is 18.8. The second-order valence-electron chi connectivity index (χ2n) is 8.61. The number of carbonyl (C=O) groups is 1. The Hall–Kier alpha value is -2.90. The third kappa shape index (κ3) is 5.66. The first-order valence-corrected chi connectivity index (χ1v) is 11.7. The van der Waals surface area contributed by atoms with Crippen LogP contribution in [0.4, 0.5) is 21.7 Å². The number of benzene rings is 1. The highest BCUT2D eigenvalue weighted by Crippen LogP contribution is 2.26. The molecule has 0 radical (unpaired) electrons. The zero-order valence-electron chi connectivity index (χ0n) is 18.8. The molecular weight excluding hydrogens is 407 g/mol. The van der Waals surface area contributed by atoms with Gasteiger partial charge in [0.05, 0.1) is 0 Å². The van der Waals surface area contributed by atoms with E-state index in [-0.39, 0.29) is 11.7 Å². The number of piperazine rings is 1. The van der Waals surface area contributed by atoms with Crippen LogP contribution in [0.3, 0.4) is 0 Å². The number of hydrogen-bond acceptors (Lipinski definition) is 6. The van der Waals surface area contributed by atoms with E-state index in [9.17, 15) is 9.18 Å². The van der Waals surface area contributed by atoms with Gasteiger partial charge in [-0.05, 0) is 56.4 Å². The number of anilines is 3. The molecule has 1 aromatic heterocycles. The molecule has 2 aliphatic rings. The minimum Gasteiger partial charge on any atom is -0.370 e. The van der Waals surface area contributed by atoms with Crippen LogP contribution in [0.5, 0.6) is 0 Å². The van der Waals surface area contributed by atoms with E-state index < -0.39 is 0 Å². The molecule has 2 aliphatic heterocycles. The number of nitrogens with one attached hydrogen (secondary N) is 1. The molecule has 2 fully saturated rings. The van der Waals surface area contributed by atoms with Crippen LogP contribution in [-0.4, -0.2) is 66.6 Å². The van der Waals surface area contributed by atoms with Crippen LogP contribution in [0.25, 0.3) is 0 Å². The van der Waals surface area contributed by atoms with Crippen molar-refractivity contribution in [2.75, 3.05) is 60.9 Å². The average Bonchev–Trinajstić information content (AvgIpc) is 2.84. The largest absolute Gasteiger partial charge is 0.370 e. The fraction of sp³-hybridized carbons (Fsp3) is 0.542. The summed E-state index contributed by atoms with van der Waals surface area (Å²) in [7, 11) is 0. The quantitative estimate of drug-likeness (QED) is 0.712. The predicted molar refractivity (Wildman–Crippen MR) is 126 cm³/mol. The molecule has 7 nitrogen and oxygen atoms in total. The van der Waals surface area contributed by atoms with Crippen molar-refractivity contribution in [3.8, 4) is 0 Å². The van der Waals surface area contributed by atoms with E-state index >= 15 is 0 Å². The molecule has 1 aromatic carbocycles. The Labute approximate surface area is 189 Å². The molecule has 2 aromatic rings. The Kier molecular flexibility index (Phi) is 7.39. The summed E-state index contributed by atoms with van der Waals surface area (Å²) in [5.41, 5.74) is 1.02. The van der Waals surface area contributed by atoms with E-state index in [1.807, 2.05) is 23.1 Å². The summed E-state index contributed by atoms with van der Waals surface area (Å²) >= 11 is 0. The van der Waals surface area contributed by atoms with Crippen molar-refractivity contribution in [2.45, 2.75) is 32.6 Å². The number of rotatable bonds is 7. The fourth-order valence-electron chi connectivity index (χ4n) is 4.60. The van der Waals surface area contributed by atoms with E-state index in [0.717, 1.165) is 82.4 Å². The SMILES string of the molecule is CCNc1cc(N2CCC(CCC(=O)N3CCN(c4ccc(F)cc4)CC3)CC2)ncn1. The van der Waals surface area contributed by atoms with Gasteiger partial charge in [-0.3, -0.25) is 4.79 Å². The Bertz CT molecular complexity index is 876. The Morgan fingerprint density at radius 1 is 1.03 bits per heavy atom. The van der Waals surface area contributed by atoms with Gasteiger partial charge in [-0.25, -0.2) is 14.4 Å². The van der Waals surface area contributed by atoms with E-state index in [4.69, 9.17) is 0 Å². The first kappa shape index (κ1) is 22.3. The summed E-state index contributed by atoms with van der Waals surface area (Å²) in [5, 5.41) is 3.24. The van der Waals surface area contributed by atoms with Crippen molar-refractivity contribution in [2.24, 2.45) is 5.92 Å². The van der Waals surface area contributed by atoms with Crippen molar-refractivity contribution in [1.29, 1.82) is 0 Å². The number of amides is 1. The maximum Gasteiger partial charge on any atom is 0.222 e. The molecule has 0 unspecified atom stereocenters. The van der Waals surface area contributed by atoms with Crippen molar-refractivity contribution in [3.05, 3.63) is 42.5 Å². The van der Waals surface area contributed by atoms with Crippen LogP contribution in [0.15, 0.2) is 36.7 Å². The summed E-state index contributed by atoms with van der Waals surface area (Å²) in [6.45, 7) is 7.89. The van der Waals surface area contributed by atoms with Crippen molar-refractivity contribution >= 4 is 23.2 Å². The van der Waals surface area contributed by atoms with Crippen LogP contribution < -0.4 is 15.1 Å². The Morgan fingerprint density at radius 3 is 2.44 bits per heavy atom. The lowest BCUT2D eigenvalue weighted by molar-refractivity contribution is -0.131. The number of carbonyl (C=O) groups excluding carboxylic acids is 1. The molecule has 3 heterocycles. The van der Waals surface area contributed by atoms with Crippen LogP contribution in [0.2, 0.25) is 0 Å². The van der Waals surface area contributed by atoms with Gasteiger partial charge in [0.15, 0.2) is 0 Å². The maximum atomic E-state index is 13.1. The number of piperidine rings is 1. The summed E-state index contributed by atoms with van der Waals surface area (Å²) in [6.07, 6.45) is 5.38. The Morgan fingerprint density at radius 2 is 1.75 bits per heavy atom. The van der Waals surface area contributed by atoms with Gasteiger partial charge >= 0.3 is 0 Å². The third-order valence-electron chi connectivity index (χ3n) is 6.54. The van der Waals surface area contributed by atoms with Crippen molar-refractivity contribution in [3.63, 3.8) is 0 Å². The summed E-state index contributed by atoms with van der Waals surface area (Å²) < 4.78 is 13.1. The van der Waals surface area contributed by atoms with Crippen molar-refractivity contribution in [1.82, 2.24) is 14.9 Å². The molecule has 0 spiro atoms. The van der Waals surface area contributed by atoms with Crippen LogP contribution in [0.1, 0.15) is 32.6 Å². The first-order chi connectivity index (χ1) is 15.6. The minimum atomic E-state index is -0.219. The summed E-state index contributed by atoms with van der Waals surface area (Å²) in [6, 6.07) is 8.61. The van der Waals surface area contributed by atoms with Gasteiger partial charge < -0.3 is 20.0 Å². The summed E-state index contributed by atoms with van der Waals surface area (Å²) in [4.78, 5) is 27.9. The molecule has 0 saturated carbocycles. The Balaban J connectivity index is 1.18. The van der Waals surface area contributed by atoms with Gasteiger partial charge in [0.1, 0.15) is 23.8 Å². The van der Waals surface area contributed by atoms with Gasteiger partial charge in [-0.1, -0.05) is 0 Å². The second kappa shape index (κ2) is 10.6. The molecule has 0 aliphatic carbocycles. The molecule has 32 heavy (non-hydrogen) atoms. The van der Waals surface area contributed by atoms with E-state index in [0.29, 0.717) is 12.3 Å². The fourth-order valence-corrected chi connectivity index (χ4v) is 4.60. The highest BCUT2D eigenvalue weighted by Gasteiger charge is 2.24.